The van der Waals surface area contributed by atoms with Crippen LogP contribution in [0.3, 0.4) is 0 Å². The molecular weight excluding hydrogens is 457 g/mol. The number of rotatable bonds is 6. The van der Waals surface area contributed by atoms with Crippen LogP contribution in [0.4, 0.5) is 0 Å². The largest absolute Gasteiger partial charge is 0.481 e. The van der Waals surface area contributed by atoms with E-state index in [-0.39, 0.29) is 24.0 Å². The van der Waals surface area contributed by atoms with Crippen molar-refractivity contribution >= 4 is 29.9 Å². The van der Waals surface area contributed by atoms with Crippen molar-refractivity contribution in [1.29, 1.82) is 0 Å². The third-order valence-electron chi connectivity index (χ3n) is 3.70. The average Bonchev–Trinajstić information content (AvgIpc) is 3.18. The van der Waals surface area contributed by atoms with E-state index < -0.39 is 0 Å². The molecule has 0 amide bonds. The molecule has 27 heavy (non-hydrogen) atoms. The van der Waals surface area contributed by atoms with E-state index >= 15 is 0 Å². The Bertz CT molecular complexity index is 867. The molecule has 1 aromatic carbocycles. The lowest BCUT2D eigenvalue weighted by Crippen LogP contribution is -2.36. The number of benzene rings is 1. The lowest BCUT2D eigenvalue weighted by Gasteiger charge is -2.11. The van der Waals surface area contributed by atoms with Crippen LogP contribution < -0.4 is 15.4 Å². The van der Waals surface area contributed by atoms with Crippen molar-refractivity contribution in [2.75, 3.05) is 14.2 Å². The number of halogens is 1. The van der Waals surface area contributed by atoms with E-state index in [2.05, 4.69) is 25.6 Å². The summed E-state index contributed by atoms with van der Waals surface area (Å²) in [4.78, 5) is 12.8. The van der Waals surface area contributed by atoms with Gasteiger partial charge in [0.15, 0.2) is 5.96 Å². The quantitative estimate of drug-likeness (QED) is 0.321. The molecule has 0 fully saturated rings. The molecule has 0 radical (unpaired) electrons. The van der Waals surface area contributed by atoms with Gasteiger partial charge in [-0.15, -0.1) is 24.0 Å². The van der Waals surface area contributed by atoms with E-state index in [9.17, 15) is 0 Å². The van der Waals surface area contributed by atoms with Gasteiger partial charge in [-0.25, -0.2) is 9.97 Å². The number of aliphatic imine (C=N–C) groups is 1. The van der Waals surface area contributed by atoms with Gasteiger partial charge in [-0.1, -0.05) is 18.2 Å². The fourth-order valence-corrected chi connectivity index (χ4v) is 2.35. The van der Waals surface area contributed by atoms with Gasteiger partial charge in [-0.3, -0.25) is 4.99 Å². The second kappa shape index (κ2) is 10.5. The van der Waals surface area contributed by atoms with Gasteiger partial charge in [0.05, 0.1) is 19.3 Å². The molecule has 0 aliphatic rings. The Labute approximate surface area is 175 Å². The third kappa shape index (κ3) is 5.95. The number of pyridine rings is 1. The Hall–Kier alpha value is -2.62. The molecule has 7 nitrogen and oxygen atoms in total. The molecule has 2 heterocycles. The van der Waals surface area contributed by atoms with E-state index in [4.69, 9.17) is 9.15 Å². The van der Waals surface area contributed by atoms with Gasteiger partial charge < -0.3 is 19.8 Å². The monoisotopic (exact) mass is 479 g/mol. The molecule has 0 aliphatic heterocycles. The Balaban J connectivity index is 0.00000261. The molecule has 2 aromatic heterocycles. The number of guanidine groups is 1. The van der Waals surface area contributed by atoms with Crippen molar-refractivity contribution in [3.05, 3.63) is 66.2 Å². The molecule has 3 aromatic rings. The standard InChI is InChI=1S/C19H21N5O2.HI/c1-20-19(22-11-14-8-9-21-17(10-14)25-2)23-12-16-13-26-18(24-16)15-6-4-3-5-7-15;/h3-10,13H,11-12H2,1-2H3,(H2,20,22,23);1H. The smallest absolute Gasteiger partial charge is 0.226 e. The topological polar surface area (TPSA) is 84.6 Å². The molecule has 142 valence electrons. The molecular formula is C19H22IN5O2. The molecule has 0 aliphatic carbocycles. The summed E-state index contributed by atoms with van der Waals surface area (Å²) in [6.07, 6.45) is 3.36. The summed E-state index contributed by atoms with van der Waals surface area (Å²) in [7, 11) is 3.32. The van der Waals surface area contributed by atoms with Gasteiger partial charge in [0.25, 0.3) is 0 Å². The first-order chi connectivity index (χ1) is 12.8. The molecule has 0 saturated heterocycles. The van der Waals surface area contributed by atoms with Gasteiger partial charge in [-0.2, -0.15) is 0 Å². The lowest BCUT2D eigenvalue weighted by molar-refractivity contribution is 0.397. The first kappa shape index (κ1) is 20.7. The van der Waals surface area contributed by atoms with Gasteiger partial charge in [-0.05, 0) is 23.8 Å². The summed E-state index contributed by atoms with van der Waals surface area (Å²) in [6.45, 7) is 1.11. The maximum absolute atomic E-state index is 5.54. The van der Waals surface area contributed by atoms with Crippen molar-refractivity contribution in [1.82, 2.24) is 20.6 Å². The minimum absolute atomic E-state index is 0. The van der Waals surface area contributed by atoms with Crippen LogP contribution in [-0.2, 0) is 13.1 Å². The Morgan fingerprint density at radius 1 is 1.15 bits per heavy atom. The first-order valence-corrected chi connectivity index (χ1v) is 8.21. The van der Waals surface area contributed by atoms with Crippen molar-refractivity contribution in [2.24, 2.45) is 4.99 Å². The summed E-state index contributed by atoms with van der Waals surface area (Å²) < 4.78 is 10.7. The zero-order valence-electron chi connectivity index (χ0n) is 15.2. The van der Waals surface area contributed by atoms with E-state index in [0.29, 0.717) is 30.8 Å². The highest BCUT2D eigenvalue weighted by atomic mass is 127. The van der Waals surface area contributed by atoms with Crippen LogP contribution in [0.2, 0.25) is 0 Å². The minimum Gasteiger partial charge on any atom is -0.481 e. The van der Waals surface area contributed by atoms with Crippen LogP contribution in [0.15, 0.2) is 64.3 Å². The van der Waals surface area contributed by atoms with Crippen molar-refractivity contribution in [2.45, 2.75) is 13.1 Å². The maximum Gasteiger partial charge on any atom is 0.226 e. The van der Waals surface area contributed by atoms with Gasteiger partial charge in [0.1, 0.15) is 6.26 Å². The normalized spacial score (nSPS) is 10.8. The highest BCUT2D eigenvalue weighted by Crippen LogP contribution is 2.17. The zero-order valence-corrected chi connectivity index (χ0v) is 17.5. The summed E-state index contributed by atoms with van der Waals surface area (Å²) in [6, 6.07) is 13.6. The zero-order chi connectivity index (χ0) is 18.2. The number of oxazole rings is 1. The molecule has 0 saturated carbocycles. The predicted octanol–water partition coefficient (Wildman–Crippen LogP) is 3.23. The molecule has 0 spiro atoms. The van der Waals surface area contributed by atoms with Crippen molar-refractivity contribution < 1.29 is 9.15 Å². The van der Waals surface area contributed by atoms with Crippen LogP contribution in [-0.4, -0.2) is 30.1 Å². The molecule has 3 rings (SSSR count). The summed E-state index contributed by atoms with van der Waals surface area (Å²) in [5.74, 6) is 1.86. The molecule has 2 N–H and O–H groups in total. The number of hydrogen-bond acceptors (Lipinski definition) is 5. The highest BCUT2D eigenvalue weighted by Gasteiger charge is 2.07. The van der Waals surface area contributed by atoms with Gasteiger partial charge in [0.2, 0.25) is 11.8 Å². The number of ether oxygens (including phenoxy) is 1. The second-order valence-electron chi connectivity index (χ2n) is 5.50. The number of methoxy groups -OCH3 is 1. The van der Waals surface area contributed by atoms with Crippen LogP contribution in [0.5, 0.6) is 5.88 Å². The highest BCUT2D eigenvalue weighted by molar-refractivity contribution is 14.0. The SMILES string of the molecule is CN=C(NCc1ccnc(OC)c1)NCc1coc(-c2ccccc2)n1.I. The molecule has 0 unspecified atom stereocenters. The van der Waals surface area contributed by atoms with E-state index in [1.54, 1.807) is 26.6 Å². The summed E-state index contributed by atoms with van der Waals surface area (Å²) in [5, 5.41) is 6.46. The number of aromatic nitrogens is 2. The lowest BCUT2D eigenvalue weighted by atomic mass is 10.2. The maximum atomic E-state index is 5.54. The number of hydrogen-bond donors (Lipinski definition) is 2. The first-order valence-electron chi connectivity index (χ1n) is 8.21. The van der Waals surface area contributed by atoms with Crippen molar-refractivity contribution in [3.63, 3.8) is 0 Å². The van der Waals surface area contributed by atoms with Crippen LogP contribution >= 0.6 is 24.0 Å². The predicted molar refractivity (Wildman–Crippen MR) is 115 cm³/mol. The summed E-state index contributed by atoms with van der Waals surface area (Å²) >= 11 is 0. The third-order valence-corrected chi connectivity index (χ3v) is 3.70. The van der Waals surface area contributed by atoms with E-state index in [1.165, 1.54) is 0 Å². The van der Waals surface area contributed by atoms with E-state index in [0.717, 1.165) is 16.8 Å². The Morgan fingerprint density at radius 2 is 1.93 bits per heavy atom. The van der Waals surface area contributed by atoms with Crippen LogP contribution in [0.25, 0.3) is 11.5 Å². The van der Waals surface area contributed by atoms with Gasteiger partial charge in [0, 0.05) is 31.4 Å². The van der Waals surface area contributed by atoms with Crippen LogP contribution in [0.1, 0.15) is 11.3 Å². The number of nitrogens with zero attached hydrogens (tertiary/aromatic N) is 3. The fraction of sp³-hybridized carbons (Fsp3) is 0.211. The second-order valence-corrected chi connectivity index (χ2v) is 5.50. The summed E-state index contributed by atoms with van der Waals surface area (Å²) in [5.41, 5.74) is 2.80. The molecule has 0 bridgehead atoms. The van der Waals surface area contributed by atoms with E-state index in [1.807, 2.05) is 42.5 Å². The molecule has 0 atom stereocenters. The fourth-order valence-electron chi connectivity index (χ4n) is 2.35. The Kier molecular flexibility index (Phi) is 8.05. The van der Waals surface area contributed by atoms with Gasteiger partial charge >= 0.3 is 0 Å². The average molecular weight is 479 g/mol. The number of nitrogens with one attached hydrogen (secondary N) is 2. The van der Waals surface area contributed by atoms with Crippen LogP contribution in [0, 0.1) is 0 Å². The Morgan fingerprint density at radius 3 is 2.67 bits per heavy atom. The van der Waals surface area contributed by atoms with Crippen molar-refractivity contribution in [3.8, 4) is 17.3 Å². The minimum atomic E-state index is 0. The molecule has 8 heteroatoms.